The summed E-state index contributed by atoms with van der Waals surface area (Å²) in [6.45, 7) is -0.695. The third kappa shape index (κ3) is 4.95. The van der Waals surface area contributed by atoms with Gasteiger partial charge in [0, 0.05) is 31.2 Å². The zero-order valence-electron chi connectivity index (χ0n) is 16.3. The van der Waals surface area contributed by atoms with E-state index in [0.29, 0.717) is 11.2 Å². The molecule has 1 aromatic carbocycles. The molecule has 1 aliphatic rings. The zero-order valence-corrected chi connectivity index (χ0v) is 17.1. The average molecular weight is 418 g/mol. The number of nitrogens with zero attached hydrogens (tertiary/aromatic N) is 2. The molecule has 1 saturated carbocycles. The molecule has 0 saturated heterocycles. The molecule has 154 valence electrons. The molecule has 1 heterocycles. The minimum Gasteiger partial charge on any atom is -0.382 e. The van der Waals surface area contributed by atoms with Gasteiger partial charge in [-0.2, -0.15) is 5.26 Å². The molecule has 1 aromatic heterocycles. The first-order valence-electron chi connectivity index (χ1n) is 9.30. The van der Waals surface area contributed by atoms with Gasteiger partial charge in [0.1, 0.15) is 11.6 Å². The van der Waals surface area contributed by atoms with E-state index in [2.05, 4.69) is 9.71 Å². The van der Waals surface area contributed by atoms with Crippen LogP contribution in [0.2, 0.25) is 0 Å². The molecule has 3 rings (SSSR count). The summed E-state index contributed by atoms with van der Waals surface area (Å²) in [4.78, 5) is 17.3. The number of halogens is 1. The van der Waals surface area contributed by atoms with Gasteiger partial charge < -0.3 is 9.88 Å². The van der Waals surface area contributed by atoms with E-state index in [4.69, 9.17) is 0 Å². The number of carbonyl (C=O) groups excluding carboxylic acids is 1. The maximum atomic E-state index is 12.6. The van der Waals surface area contributed by atoms with E-state index in [-0.39, 0.29) is 29.4 Å². The van der Waals surface area contributed by atoms with E-state index < -0.39 is 22.5 Å². The summed E-state index contributed by atoms with van der Waals surface area (Å²) >= 11 is 0. The lowest BCUT2D eigenvalue weighted by Crippen LogP contribution is -2.18. The fraction of sp³-hybridized carbons (Fsp3) is 0.400. The molecular formula is C20H23FN4O3S. The fourth-order valence-corrected chi connectivity index (χ4v) is 4.25. The number of Topliss-reactive ketones (excluding diaryl/α,β-unsaturated/α-hetero) is 1. The third-order valence-electron chi connectivity index (χ3n) is 4.62. The van der Waals surface area contributed by atoms with E-state index in [1.807, 2.05) is 12.1 Å². The maximum Gasteiger partial charge on any atom is 0.232 e. The highest BCUT2D eigenvalue weighted by atomic mass is 32.2. The van der Waals surface area contributed by atoms with Crippen LogP contribution < -0.4 is 4.72 Å². The van der Waals surface area contributed by atoms with Crippen molar-refractivity contribution in [2.24, 2.45) is 0 Å². The number of rotatable bonds is 9. The highest BCUT2D eigenvalue weighted by Crippen LogP contribution is 2.45. The van der Waals surface area contributed by atoms with E-state index in [9.17, 15) is 22.9 Å². The molecule has 7 nitrogen and oxygen atoms in total. The van der Waals surface area contributed by atoms with Crippen molar-refractivity contribution in [3.8, 4) is 6.07 Å². The Morgan fingerprint density at radius 2 is 2.10 bits per heavy atom. The van der Waals surface area contributed by atoms with Gasteiger partial charge in [-0.05, 0) is 48.9 Å². The van der Waals surface area contributed by atoms with Crippen molar-refractivity contribution in [1.29, 1.82) is 5.26 Å². The highest BCUT2D eigenvalue weighted by Gasteiger charge is 2.28. The lowest BCUT2D eigenvalue weighted by atomic mass is 10.1. The number of carbonyl (C=O) groups is 1. The summed E-state index contributed by atoms with van der Waals surface area (Å²) in [6.07, 6.45) is 3.32. The number of alkyl halides is 1. The summed E-state index contributed by atoms with van der Waals surface area (Å²) < 4.78 is 39.4. The van der Waals surface area contributed by atoms with Crippen LogP contribution in [0.3, 0.4) is 0 Å². The quantitative estimate of drug-likeness (QED) is 0.369. The smallest absolute Gasteiger partial charge is 0.232 e. The number of benzene rings is 1. The Kier molecular flexibility index (Phi) is 5.94. The van der Waals surface area contributed by atoms with E-state index in [1.165, 1.54) is 6.20 Å². The lowest BCUT2D eigenvalue weighted by Gasteiger charge is -2.12. The predicted molar refractivity (Wildman–Crippen MR) is 110 cm³/mol. The van der Waals surface area contributed by atoms with E-state index in [1.54, 1.807) is 31.1 Å². The van der Waals surface area contributed by atoms with Gasteiger partial charge in [-0.1, -0.05) is 0 Å². The molecule has 0 spiro atoms. The number of allylic oxidation sites excluding steroid dienone is 1. The Bertz CT molecular complexity index is 1110. The minimum absolute atomic E-state index is 0.00359. The average Bonchev–Trinajstić information content (AvgIpc) is 3.42. The van der Waals surface area contributed by atoms with Crippen LogP contribution in [0.15, 0.2) is 30.0 Å². The van der Waals surface area contributed by atoms with Crippen molar-refractivity contribution in [2.75, 3.05) is 31.2 Å². The Hall–Kier alpha value is -2.86. The largest absolute Gasteiger partial charge is 0.382 e. The number of anilines is 1. The number of H-pyrrole nitrogens is 1. The molecule has 0 unspecified atom stereocenters. The molecule has 9 heteroatoms. The molecule has 2 aromatic rings. The molecule has 0 atom stereocenters. The van der Waals surface area contributed by atoms with Crippen LogP contribution in [-0.4, -0.2) is 50.6 Å². The molecule has 1 fully saturated rings. The minimum atomic E-state index is -3.66. The summed E-state index contributed by atoms with van der Waals surface area (Å²) in [7, 11) is -0.220. The second-order valence-electron chi connectivity index (χ2n) is 7.39. The van der Waals surface area contributed by atoms with Gasteiger partial charge in [-0.3, -0.25) is 13.9 Å². The van der Waals surface area contributed by atoms with Gasteiger partial charge in [-0.25, -0.2) is 8.42 Å². The van der Waals surface area contributed by atoms with Gasteiger partial charge in [0.2, 0.25) is 15.8 Å². The third-order valence-corrected chi connectivity index (χ3v) is 5.97. The van der Waals surface area contributed by atoms with Crippen LogP contribution in [0.5, 0.6) is 0 Å². The van der Waals surface area contributed by atoms with Gasteiger partial charge >= 0.3 is 0 Å². The van der Waals surface area contributed by atoms with Crippen molar-refractivity contribution < 1.29 is 17.6 Å². The van der Waals surface area contributed by atoms with Gasteiger partial charge in [0.25, 0.3) is 0 Å². The number of nitrogens with one attached hydrogen (secondary N) is 2. The summed E-state index contributed by atoms with van der Waals surface area (Å²) in [5, 5.41) is 10.0. The fourth-order valence-electron chi connectivity index (χ4n) is 3.15. The first kappa shape index (κ1) is 20.9. The monoisotopic (exact) mass is 418 g/mol. The number of aromatic nitrogens is 1. The van der Waals surface area contributed by atoms with Crippen molar-refractivity contribution in [1.82, 2.24) is 9.88 Å². The number of fused-ring (bicyclic) bond motifs is 1. The number of nitriles is 1. The standard InChI is InChI=1S/C20H23FN4O3S/c1-25(2)12-15(11-22)20(26)19-9-14-8-16(13-4-5-13)18(10-17(14)23-19)24-29(27,28)7-3-6-21/h8-10,12-13,23-24H,3-7H2,1-2H3/b15-12+. The molecule has 0 amide bonds. The van der Waals surface area contributed by atoms with E-state index >= 15 is 0 Å². The Morgan fingerprint density at radius 3 is 2.69 bits per heavy atom. The van der Waals surface area contributed by atoms with Crippen molar-refractivity contribution >= 4 is 32.4 Å². The van der Waals surface area contributed by atoms with Crippen LogP contribution in [-0.2, 0) is 10.0 Å². The molecule has 0 radical (unpaired) electrons. The molecule has 1 aliphatic carbocycles. The highest BCUT2D eigenvalue weighted by molar-refractivity contribution is 7.92. The van der Waals surface area contributed by atoms with Crippen LogP contribution >= 0.6 is 0 Å². The number of hydrogen-bond donors (Lipinski definition) is 2. The summed E-state index contributed by atoms with van der Waals surface area (Å²) in [6, 6.07) is 7.11. The number of sulfonamides is 1. The Labute approximate surface area is 169 Å². The maximum absolute atomic E-state index is 12.6. The summed E-state index contributed by atoms with van der Waals surface area (Å²) in [5.74, 6) is -0.466. The van der Waals surface area contributed by atoms with Gasteiger partial charge in [-0.15, -0.1) is 0 Å². The first-order valence-corrected chi connectivity index (χ1v) is 11.0. The van der Waals surface area contributed by atoms with E-state index in [0.717, 1.165) is 23.8 Å². The summed E-state index contributed by atoms with van der Waals surface area (Å²) in [5.41, 5.74) is 2.15. The molecule has 2 N–H and O–H groups in total. The normalized spacial score (nSPS) is 14.6. The predicted octanol–water partition coefficient (Wildman–Crippen LogP) is 3.30. The lowest BCUT2D eigenvalue weighted by molar-refractivity contribution is 0.103. The second kappa shape index (κ2) is 8.25. The molecule has 29 heavy (non-hydrogen) atoms. The first-order chi connectivity index (χ1) is 13.7. The molecular weight excluding hydrogens is 395 g/mol. The zero-order chi connectivity index (χ0) is 21.2. The van der Waals surface area contributed by atoms with Crippen molar-refractivity contribution in [3.63, 3.8) is 0 Å². The number of ketones is 1. The Morgan fingerprint density at radius 1 is 1.38 bits per heavy atom. The Balaban J connectivity index is 1.99. The SMILES string of the molecule is CN(C)/C=C(\C#N)C(=O)c1cc2cc(C3CC3)c(NS(=O)(=O)CCCF)cc2[nH]1. The van der Waals surface area contributed by atoms with Gasteiger partial charge in [0.05, 0.1) is 23.8 Å². The van der Waals surface area contributed by atoms with Gasteiger partial charge in [0.15, 0.2) is 0 Å². The number of hydrogen-bond acceptors (Lipinski definition) is 5. The van der Waals surface area contributed by atoms with Crippen LogP contribution in [0.25, 0.3) is 10.9 Å². The van der Waals surface area contributed by atoms with Crippen LogP contribution in [0, 0.1) is 11.3 Å². The van der Waals surface area contributed by atoms with Crippen molar-refractivity contribution in [3.05, 3.63) is 41.2 Å². The van der Waals surface area contributed by atoms with Crippen LogP contribution in [0.4, 0.5) is 10.1 Å². The molecule has 0 bridgehead atoms. The van der Waals surface area contributed by atoms with Crippen LogP contribution in [0.1, 0.15) is 41.2 Å². The number of aromatic amines is 1. The topological polar surface area (TPSA) is 106 Å². The second-order valence-corrected chi connectivity index (χ2v) is 9.24. The van der Waals surface area contributed by atoms with Crippen molar-refractivity contribution in [2.45, 2.75) is 25.2 Å². The molecule has 0 aliphatic heterocycles.